The van der Waals surface area contributed by atoms with E-state index in [1.54, 1.807) is 12.1 Å². The maximum Gasteiger partial charge on any atom is 0.337 e. The molecule has 4 nitrogen and oxygen atoms in total. The first kappa shape index (κ1) is 19.6. The summed E-state index contributed by atoms with van der Waals surface area (Å²) in [4.78, 5) is 11.4. The average molecular weight is 375 g/mol. The van der Waals surface area contributed by atoms with E-state index in [4.69, 9.17) is 9.47 Å². The maximum atomic E-state index is 11.4. The second-order valence-corrected chi connectivity index (χ2v) is 6.52. The molecule has 0 spiro atoms. The molecule has 0 aromatic heterocycles. The summed E-state index contributed by atoms with van der Waals surface area (Å²) in [5.74, 6) is 0.559. The Morgan fingerprint density at radius 3 is 2.14 bits per heavy atom. The molecule has 144 valence electrons. The van der Waals surface area contributed by atoms with Crippen molar-refractivity contribution in [3.05, 3.63) is 101 Å². The Morgan fingerprint density at radius 2 is 1.46 bits per heavy atom. The number of hydrogen-bond acceptors (Lipinski definition) is 4. The highest BCUT2D eigenvalue weighted by Crippen LogP contribution is 2.15. The van der Waals surface area contributed by atoms with E-state index in [2.05, 4.69) is 41.7 Å². The van der Waals surface area contributed by atoms with E-state index in [1.807, 2.05) is 30.3 Å². The molecular formula is C24H25NO3. The first-order valence-corrected chi connectivity index (χ1v) is 9.38. The van der Waals surface area contributed by atoms with Gasteiger partial charge in [0.05, 0.1) is 12.7 Å². The van der Waals surface area contributed by atoms with Crippen molar-refractivity contribution in [3.8, 4) is 5.75 Å². The van der Waals surface area contributed by atoms with Gasteiger partial charge in [0.1, 0.15) is 12.4 Å². The van der Waals surface area contributed by atoms with E-state index in [1.165, 1.54) is 18.2 Å². The highest BCUT2D eigenvalue weighted by Gasteiger charge is 2.04. The third-order valence-corrected chi connectivity index (χ3v) is 4.43. The summed E-state index contributed by atoms with van der Waals surface area (Å²) in [6, 6.07) is 26.1. The largest absolute Gasteiger partial charge is 0.492 e. The van der Waals surface area contributed by atoms with Gasteiger partial charge in [0.25, 0.3) is 0 Å². The fourth-order valence-corrected chi connectivity index (χ4v) is 2.89. The van der Waals surface area contributed by atoms with Crippen molar-refractivity contribution in [1.29, 1.82) is 0 Å². The van der Waals surface area contributed by atoms with Gasteiger partial charge in [-0.05, 0) is 47.4 Å². The summed E-state index contributed by atoms with van der Waals surface area (Å²) in [5, 5.41) is 3.34. The summed E-state index contributed by atoms with van der Waals surface area (Å²) in [5.41, 5.74) is 4.25. The van der Waals surface area contributed by atoms with Gasteiger partial charge >= 0.3 is 5.97 Å². The van der Waals surface area contributed by atoms with Crippen LogP contribution >= 0.6 is 0 Å². The smallest absolute Gasteiger partial charge is 0.337 e. The van der Waals surface area contributed by atoms with Gasteiger partial charge in [-0.3, -0.25) is 0 Å². The SMILES string of the molecule is COC(=O)c1ccc(CNCCOc2ccc(Cc3ccccc3)cc2)cc1. The fourth-order valence-electron chi connectivity index (χ4n) is 2.89. The molecule has 4 heteroatoms. The molecule has 28 heavy (non-hydrogen) atoms. The van der Waals surface area contributed by atoms with Gasteiger partial charge in [0.2, 0.25) is 0 Å². The van der Waals surface area contributed by atoms with Crippen molar-refractivity contribution in [1.82, 2.24) is 5.32 Å². The van der Waals surface area contributed by atoms with Crippen molar-refractivity contribution in [3.63, 3.8) is 0 Å². The molecule has 0 amide bonds. The van der Waals surface area contributed by atoms with Crippen molar-refractivity contribution < 1.29 is 14.3 Å². The summed E-state index contributed by atoms with van der Waals surface area (Å²) in [7, 11) is 1.38. The Balaban J connectivity index is 1.36. The van der Waals surface area contributed by atoms with Crippen LogP contribution in [-0.4, -0.2) is 26.2 Å². The van der Waals surface area contributed by atoms with Crippen LogP contribution in [0.1, 0.15) is 27.0 Å². The molecule has 0 saturated carbocycles. The molecule has 0 radical (unpaired) electrons. The number of ether oxygens (including phenoxy) is 2. The van der Waals surface area contributed by atoms with Crippen LogP contribution in [0.25, 0.3) is 0 Å². The highest BCUT2D eigenvalue weighted by atomic mass is 16.5. The zero-order chi connectivity index (χ0) is 19.6. The molecule has 1 N–H and O–H groups in total. The molecule has 0 bridgehead atoms. The zero-order valence-electron chi connectivity index (χ0n) is 16.1. The fraction of sp³-hybridized carbons (Fsp3) is 0.208. The Labute approximate surface area is 166 Å². The van der Waals surface area contributed by atoms with E-state index in [9.17, 15) is 4.79 Å². The predicted octanol–water partition coefficient (Wildman–Crippen LogP) is 4.23. The molecule has 0 heterocycles. The number of hydrogen-bond donors (Lipinski definition) is 1. The van der Waals surface area contributed by atoms with E-state index in [-0.39, 0.29) is 5.97 Å². The summed E-state index contributed by atoms with van der Waals surface area (Å²) in [6.07, 6.45) is 0.928. The second kappa shape index (κ2) is 10.3. The van der Waals surface area contributed by atoms with Gasteiger partial charge in [-0.1, -0.05) is 54.6 Å². The summed E-state index contributed by atoms with van der Waals surface area (Å²) in [6.45, 7) is 2.06. The van der Waals surface area contributed by atoms with Gasteiger partial charge in [0, 0.05) is 13.1 Å². The molecule has 0 aliphatic rings. The summed E-state index contributed by atoms with van der Waals surface area (Å²) < 4.78 is 10.5. The molecular weight excluding hydrogens is 350 g/mol. The molecule has 0 aliphatic heterocycles. The number of nitrogens with one attached hydrogen (secondary N) is 1. The standard InChI is InChI=1S/C24H25NO3/c1-27-24(26)22-11-7-21(8-12-22)18-25-15-16-28-23-13-9-20(10-14-23)17-19-5-3-2-4-6-19/h2-14,25H,15-18H2,1H3. The van der Waals surface area contributed by atoms with E-state index in [0.717, 1.165) is 30.8 Å². The van der Waals surface area contributed by atoms with E-state index >= 15 is 0 Å². The van der Waals surface area contributed by atoms with E-state index < -0.39 is 0 Å². The monoisotopic (exact) mass is 375 g/mol. The Morgan fingerprint density at radius 1 is 0.821 bits per heavy atom. The first-order valence-electron chi connectivity index (χ1n) is 9.38. The minimum atomic E-state index is -0.317. The number of benzene rings is 3. The zero-order valence-corrected chi connectivity index (χ0v) is 16.1. The number of carbonyl (C=O) groups excluding carboxylic acids is 1. The topological polar surface area (TPSA) is 47.6 Å². The molecule has 0 saturated heterocycles. The highest BCUT2D eigenvalue weighted by molar-refractivity contribution is 5.89. The van der Waals surface area contributed by atoms with Gasteiger partial charge in [-0.15, -0.1) is 0 Å². The van der Waals surface area contributed by atoms with Crippen LogP contribution in [0.15, 0.2) is 78.9 Å². The van der Waals surface area contributed by atoms with Crippen molar-refractivity contribution in [2.75, 3.05) is 20.3 Å². The number of rotatable bonds is 9. The molecule has 3 aromatic rings. The predicted molar refractivity (Wildman–Crippen MR) is 111 cm³/mol. The minimum absolute atomic E-state index is 0.317. The number of carbonyl (C=O) groups is 1. The van der Waals surface area contributed by atoms with Crippen LogP contribution in [-0.2, 0) is 17.7 Å². The van der Waals surface area contributed by atoms with Crippen molar-refractivity contribution in [2.24, 2.45) is 0 Å². The molecule has 0 unspecified atom stereocenters. The van der Waals surface area contributed by atoms with E-state index in [0.29, 0.717) is 12.2 Å². The first-order chi connectivity index (χ1) is 13.7. The Bertz CT molecular complexity index is 859. The lowest BCUT2D eigenvalue weighted by Gasteiger charge is -2.09. The normalized spacial score (nSPS) is 10.5. The van der Waals surface area contributed by atoms with Gasteiger partial charge < -0.3 is 14.8 Å². The van der Waals surface area contributed by atoms with Crippen LogP contribution in [0.2, 0.25) is 0 Å². The third kappa shape index (κ3) is 5.96. The molecule has 3 rings (SSSR count). The van der Waals surface area contributed by atoms with Crippen molar-refractivity contribution >= 4 is 5.97 Å². The molecule has 0 aliphatic carbocycles. The number of esters is 1. The number of methoxy groups -OCH3 is 1. The lowest BCUT2D eigenvalue weighted by molar-refractivity contribution is 0.0600. The lowest BCUT2D eigenvalue weighted by atomic mass is 10.1. The Kier molecular flexibility index (Phi) is 7.21. The quantitative estimate of drug-likeness (QED) is 0.449. The summed E-state index contributed by atoms with van der Waals surface area (Å²) >= 11 is 0. The van der Waals surface area contributed by atoms with Crippen molar-refractivity contribution in [2.45, 2.75) is 13.0 Å². The van der Waals surface area contributed by atoms with Crippen LogP contribution in [0.5, 0.6) is 5.75 Å². The molecule has 0 fully saturated rings. The lowest BCUT2D eigenvalue weighted by Crippen LogP contribution is -2.20. The molecule has 0 atom stereocenters. The Hall–Kier alpha value is -3.11. The van der Waals surface area contributed by atoms with Gasteiger partial charge in [-0.25, -0.2) is 4.79 Å². The van der Waals surface area contributed by atoms with Gasteiger partial charge in [-0.2, -0.15) is 0 Å². The van der Waals surface area contributed by atoms with Crippen LogP contribution in [0.4, 0.5) is 0 Å². The average Bonchev–Trinajstić information content (AvgIpc) is 2.75. The minimum Gasteiger partial charge on any atom is -0.492 e. The van der Waals surface area contributed by atoms with Crippen LogP contribution in [0.3, 0.4) is 0 Å². The second-order valence-electron chi connectivity index (χ2n) is 6.52. The van der Waals surface area contributed by atoms with Crippen LogP contribution in [0, 0.1) is 0 Å². The van der Waals surface area contributed by atoms with Crippen LogP contribution < -0.4 is 10.1 Å². The third-order valence-electron chi connectivity index (χ3n) is 4.43. The maximum absolute atomic E-state index is 11.4. The van der Waals surface area contributed by atoms with Gasteiger partial charge in [0.15, 0.2) is 0 Å². The molecule has 3 aromatic carbocycles.